The van der Waals surface area contributed by atoms with E-state index in [9.17, 15) is 20.1 Å². The molecule has 3 fully saturated rings. The van der Waals surface area contributed by atoms with Crippen molar-refractivity contribution in [3.05, 3.63) is 23.3 Å². The summed E-state index contributed by atoms with van der Waals surface area (Å²) >= 11 is 0. The third-order valence-electron chi connectivity index (χ3n) is 7.16. The van der Waals surface area contributed by atoms with Crippen molar-refractivity contribution in [3.8, 4) is 11.5 Å². The first-order chi connectivity index (χ1) is 12.0. The van der Waals surface area contributed by atoms with Gasteiger partial charge < -0.3 is 15.3 Å². The van der Waals surface area contributed by atoms with Gasteiger partial charge in [0.25, 0.3) is 0 Å². The number of fused-ring (bicyclic) bond motifs is 1. The molecule has 2 bridgehead atoms. The standard InChI is InChI=1S/C20H25NO4/c22-15-5-3-12-9-14-13-4-6-16(23)19(25)20(13,17(12)18(15)24)7-8-21(14)10-11-1-2-11/h3,5,11,13-14,16,22-24H,1-2,4,6-10H2/t13?,14?,16?,20-/m1/s1. The number of rotatable bonds is 2. The maximum Gasteiger partial charge on any atom is 0.172 e. The van der Waals surface area contributed by atoms with E-state index in [1.807, 2.05) is 6.07 Å². The molecule has 5 nitrogen and oxygen atoms in total. The zero-order valence-corrected chi connectivity index (χ0v) is 14.3. The second-order valence-corrected chi connectivity index (χ2v) is 8.46. The predicted molar refractivity (Wildman–Crippen MR) is 91.6 cm³/mol. The molecule has 134 valence electrons. The van der Waals surface area contributed by atoms with Crippen LogP contribution in [0, 0.1) is 11.8 Å². The summed E-state index contributed by atoms with van der Waals surface area (Å²) in [7, 11) is 0. The highest BCUT2D eigenvalue weighted by molar-refractivity contribution is 5.96. The van der Waals surface area contributed by atoms with Gasteiger partial charge in [0.2, 0.25) is 0 Å². The van der Waals surface area contributed by atoms with Gasteiger partial charge in [-0.3, -0.25) is 9.69 Å². The number of carbonyl (C=O) groups is 1. The van der Waals surface area contributed by atoms with E-state index in [0.29, 0.717) is 24.4 Å². The molecular weight excluding hydrogens is 318 g/mol. The molecule has 1 aromatic rings. The number of likely N-dealkylation sites (tertiary alicyclic amines) is 1. The van der Waals surface area contributed by atoms with Crippen LogP contribution in [0.2, 0.25) is 0 Å². The van der Waals surface area contributed by atoms with Gasteiger partial charge in [0.05, 0.1) is 5.41 Å². The predicted octanol–water partition coefficient (Wildman–Crippen LogP) is 1.72. The molecule has 25 heavy (non-hydrogen) atoms. The Kier molecular flexibility index (Phi) is 3.26. The van der Waals surface area contributed by atoms with Crippen molar-refractivity contribution in [2.24, 2.45) is 11.8 Å². The molecule has 0 amide bonds. The number of carbonyl (C=O) groups excluding carboxylic acids is 1. The first kappa shape index (κ1) is 15.6. The van der Waals surface area contributed by atoms with Crippen LogP contribution in [0.25, 0.3) is 0 Å². The molecule has 1 heterocycles. The Balaban J connectivity index is 1.67. The summed E-state index contributed by atoms with van der Waals surface area (Å²) in [5.41, 5.74) is 0.724. The molecule has 5 heteroatoms. The fourth-order valence-corrected chi connectivity index (χ4v) is 5.84. The van der Waals surface area contributed by atoms with Crippen LogP contribution in [-0.2, 0) is 16.6 Å². The van der Waals surface area contributed by atoms with Gasteiger partial charge in [-0.25, -0.2) is 0 Å². The van der Waals surface area contributed by atoms with Crippen molar-refractivity contribution in [1.29, 1.82) is 0 Å². The highest BCUT2D eigenvalue weighted by Crippen LogP contribution is 2.58. The van der Waals surface area contributed by atoms with E-state index in [1.54, 1.807) is 0 Å². The van der Waals surface area contributed by atoms with Gasteiger partial charge in [0.15, 0.2) is 17.3 Å². The van der Waals surface area contributed by atoms with E-state index < -0.39 is 11.5 Å². The van der Waals surface area contributed by atoms with E-state index in [0.717, 1.165) is 37.4 Å². The van der Waals surface area contributed by atoms with Crippen LogP contribution in [0.4, 0.5) is 0 Å². The fraction of sp³-hybridized carbons (Fsp3) is 0.650. The molecule has 4 atom stereocenters. The molecule has 0 aromatic heterocycles. The van der Waals surface area contributed by atoms with Crippen molar-refractivity contribution in [2.75, 3.05) is 13.1 Å². The van der Waals surface area contributed by atoms with Crippen molar-refractivity contribution in [1.82, 2.24) is 4.90 Å². The number of hydrogen-bond acceptors (Lipinski definition) is 5. The smallest absolute Gasteiger partial charge is 0.172 e. The largest absolute Gasteiger partial charge is 0.504 e. The maximum absolute atomic E-state index is 13.2. The number of benzene rings is 1. The van der Waals surface area contributed by atoms with Crippen LogP contribution in [0.1, 0.15) is 43.2 Å². The number of aliphatic hydroxyl groups is 1. The number of nitrogens with zero attached hydrogens (tertiary/aromatic N) is 1. The van der Waals surface area contributed by atoms with E-state index in [4.69, 9.17) is 0 Å². The van der Waals surface area contributed by atoms with Gasteiger partial charge >= 0.3 is 0 Å². The second-order valence-electron chi connectivity index (χ2n) is 8.46. The number of Topliss-reactive ketones (excluding diaryl/α,β-unsaturated/α-hetero) is 1. The van der Waals surface area contributed by atoms with Crippen LogP contribution in [-0.4, -0.2) is 51.2 Å². The molecule has 1 aliphatic heterocycles. The molecule has 3 unspecified atom stereocenters. The lowest BCUT2D eigenvalue weighted by Crippen LogP contribution is -2.66. The zero-order valence-electron chi connectivity index (χ0n) is 14.3. The SMILES string of the molecule is O=C1C(O)CCC2C3Cc4ccc(O)c(O)c4[C@]12CCN3CC1CC1. The highest BCUT2D eigenvalue weighted by atomic mass is 16.3. The Morgan fingerprint density at radius 3 is 2.72 bits per heavy atom. The first-order valence-electron chi connectivity index (χ1n) is 9.53. The minimum absolute atomic E-state index is 0.121. The first-order valence-corrected chi connectivity index (χ1v) is 9.53. The van der Waals surface area contributed by atoms with Crippen molar-refractivity contribution < 1.29 is 20.1 Å². The van der Waals surface area contributed by atoms with Gasteiger partial charge in [-0.1, -0.05) is 6.07 Å². The van der Waals surface area contributed by atoms with Gasteiger partial charge in [-0.2, -0.15) is 0 Å². The topological polar surface area (TPSA) is 81.0 Å². The number of ketones is 1. The van der Waals surface area contributed by atoms with E-state index in [-0.39, 0.29) is 23.2 Å². The average molecular weight is 343 g/mol. The van der Waals surface area contributed by atoms with Crippen LogP contribution < -0.4 is 0 Å². The third kappa shape index (κ3) is 2.05. The molecule has 5 rings (SSSR count). The summed E-state index contributed by atoms with van der Waals surface area (Å²) in [6.07, 6.45) is 4.40. The Morgan fingerprint density at radius 1 is 1.16 bits per heavy atom. The van der Waals surface area contributed by atoms with Crippen LogP contribution in [0.5, 0.6) is 11.5 Å². The Hall–Kier alpha value is -1.59. The molecule has 0 radical (unpaired) electrons. The number of phenols is 2. The lowest BCUT2D eigenvalue weighted by Gasteiger charge is -2.58. The molecule has 1 saturated heterocycles. The summed E-state index contributed by atoms with van der Waals surface area (Å²) in [4.78, 5) is 15.8. The Bertz CT molecular complexity index is 743. The van der Waals surface area contributed by atoms with Gasteiger partial charge in [0, 0.05) is 18.2 Å². The van der Waals surface area contributed by atoms with Crippen LogP contribution in [0.15, 0.2) is 12.1 Å². The quantitative estimate of drug-likeness (QED) is 0.713. The maximum atomic E-state index is 13.2. The Labute approximate surface area is 147 Å². The lowest BCUT2D eigenvalue weighted by molar-refractivity contribution is -0.147. The van der Waals surface area contributed by atoms with Crippen LogP contribution in [0.3, 0.4) is 0 Å². The zero-order chi connectivity index (χ0) is 17.3. The second kappa shape index (κ2) is 5.21. The molecule has 0 spiro atoms. The van der Waals surface area contributed by atoms with E-state index in [2.05, 4.69) is 4.90 Å². The normalized spacial score (nSPS) is 37.5. The molecule has 4 aliphatic rings. The lowest BCUT2D eigenvalue weighted by atomic mass is 9.51. The van der Waals surface area contributed by atoms with Crippen molar-refractivity contribution in [3.63, 3.8) is 0 Å². The number of phenolic OH excluding ortho intramolecular Hbond substituents is 2. The van der Waals surface area contributed by atoms with Crippen molar-refractivity contribution in [2.45, 2.75) is 56.1 Å². The summed E-state index contributed by atoms with van der Waals surface area (Å²) < 4.78 is 0. The fourth-order valence-electron chi connectivity index (χ4n) is 5.84. The molecular formula is C20H25NO4. The highest BCUT2D eigenvalue weighted by Gasteiger charge is 2.61. The number of hydrogen-bond donors (Lipinski definition) is 3. The molecule has 3 N–H and O–H groups in total. The molecule has 1 aromatic carbocycles. The number of aliphatic hydroxyl groups excluding tert-OH is 1. The number of piperidine rings is 1. The average Bonchev–Trinajstić information content (AvgIpc) is 3.41. The van der Waals surface area contributed by atoms with Gasteiger partial charge in [0.1, 0.15) is 6.10 Å². The van der Waals surface area contributed by atoms with E-state index >= 15 is 0 Å². The summed E-state index contributed by atoms with van der Waals surface area (Å²) in [6, 6.07) is 3.67. The third-order valence-corrected chi connectivity index (χ3v) is 7.16. The monoisotopic (exact) mass is 343 g/mol. The van der Waals surface area contributed by atoms with Crippen LogP contribution >= 0.6 is 0 Å². The van der Waals surface area contributed by atoms with E-state index in [1.165, 1.54) is 18.9 Å². The Morgan fingerprint density at radius 2 is 1.96 bits per heavy atom. The minimum atomic E-state index is -0.959. The van der Waals surface area contributed by atoms with Gasteiger partial charge in [-0.05, 0) is 68.5 Å². The molecule has 2 saturated carbocycles. The van der Waals surface area contributed by atoms with Gasteiger partial charge in [-0.15, -0.1) is 0 Å². The number of aromatic hydroxyl groups is 2. The summed E-state index contributed by atoms with van der Waals surface area (Å²) in [5.74, 6) is 0.447. The minimum Gasteiger partial charge on any atom is -0.504 e. The molecule has 3 aliphatic carbocycles. The van der Waals surface area contributed by atoms with Crippen molar-refractivity contribution >= 4 is 5.78 Å². The summed E-state index contributed by atoms with van der Waals surface area (Å²) in [5, 5.41) is 31.0. The summed E-state index contributed by atoms with van der Waals surface area (Å²) in [6.45, 7) is 1.93.